The molecule has 7 nitrogen and oxygen atoms in total. The third-order valence-corrected chi connectivity index (χ3v) is 7.37. The van der Waals surface area contributed by atoms with Crippen LogP contribution in [0.1, 0.15) is 86.0 Å². The van der Waals surface area contributed by atoms with E-state index in [0.29, 0.717) is 34.6 Å². The molecular formula is C35H41N3O4. The largest absolute Gasteiger partial charge is 0.463 e. The average molecular weight is 568 g/mol. The van der Waals surface area contributed by atoms with E-state index in [0.717, 1.165) is 31.2 Å². The summed E-state index contributed by atoms with van der Waals surface area (Å²) >= 11 is 0. The molecule has 0 bridgehead atoms. The van der Waals surface area contributed by atoms with Gasteiger partial charge >= 0.3 is 12.0 Å². The van der Waals surface area contributed by atoms with Gasteiger partial charge in [0.2, 0.25) is 0 Å². The Morgan fingerprint density at radius 3 is 2.31 bits per heavy atom. The van der Waals surface area contributed by atoms with Crippen molar-refractivity contribution in [3.8, 4) is 0 Å². The highest BCUT2D eigenvalue weighted by Gasteiger charge is 2.38. The molecule has 4 rings (SSSR count). The second-order valence-electron chi connectivity index (χ2n) is 10.5. The van der Waals surface area contributed by atoms with E-state index in [1.54, 1.807) is 24.0 Å². The van der Waals surface area contributed by atoms with Crippen molar-refractivity contribution in [3.05, 3.63) is 107 Å². The highest BCUT2D eigenvalue weighted by molar-refractivity contribution is 6.05. The van der Waals surface area contributed by atoms with Gasteiger partial charge in [-0.2, -0.15) is 0 Å². The average Bonchev–Trinajstić information content (AvgIpc) is 3.01. The van der Waals surface area contributed by atoms with Gasteiger partial charge in [0, 0.05) is 17.8 Å². The standard InChI is InChI=1S/C35H41N3O4/c1-4-7-10-14-25-19-21-27(22-20-25)33(39)36-29-18-13-17-28(24-29)31-30(34(40)42-6-3)32(26-15-11-9-12-16-26)38(23-8-5-2)35(41)37-31/h9,11-13,15-22,24,31H,4-8,10,14,23H2,1-3H3,(H,36,39)(H,37,41). The Morgan fingerprint density at radius 2 is 1.62 bits per heavy atom. The first kappa shape index (κ1) is 30.6. The number of carbonyl (C=O) groups excluding carboxylic acids is 3. The molecule has 1 aliphatic heterocycles. The molecule has 1 heterocycles. The number of anilines is 1. The van der Waals surface area contributed by atoms with Gasteiger partial charge in [-0.05, 0) is 67.1 Å². The van der Waals surface area contributed by atoms with Gasteiger partial charge < -0.3 is 15.4 Å². The maximum absolute atomic E-state index is 13.5. The van der Waals surface area contributed by atoms with Crippen LogP contribution < -0.4 is 10.6 Å². The topological polar surface area (TPSA) is 87.7 Å². The third kappa shape index (κ3) is 7.46. The molecule has 7 heteroatoms. The highest BCUT2D eigenvalue weighted by atomic mass is 16.5. The molecule has 2 N–H and O–H groups in total. The van der Waals surface area contributed by atoms with Crippen LogP contribution in [0.5, 0.6) is 0 Å². The number of nitrogens with zero attached hydrogens (tertiary/aromatic N) is 1. The van der Waals surface area contributed by atoms with E-state index < -0.39 is 12.0 Å². The van der Waals surface area contributed by atoms with Crippen molar-refractivity contribution in [1.82, 2.24) is 10.2 Å². The molecule has 0 radical (unpaired) electrons. The second kappa shape index (κ2) is 15.0. The maximum atomic E-state index is 13.5. The summed E-state index contributed by atoms with van der Waals surface area (Å²) in [4.78, 5) is 41.8. The van der Waals surface area contributed by atoms with Gasteiger partial charge in [0.25, 0.3) is 5.91 Å². The molecule has 1 atom stereocenters. The Bertz CT molecular complexity index is 1400. The summed E-state index contributed by atoms with van der Waals surface area (Å²) in [7, 11) is 0. The zero-order chi connectivity index (χ0) is 29.9. The van der Waals surface area contributed by atoms with E-state index in [-0.39, 0.29) is 18.5 Å². The zero-order valence-electron chi connectivity index (χ0n) is 24.8. The van der Waals surface area contributed by atoms with Gasteiger partial charge in [-0.25, -0.2) is 9.59 Å². The Labute approximate surface area is 249 Å². The zero-order valence-corrected chi connectivity index (χ0v) is 24.8. The number of benzene rings is 3. The van der Waals surface area contributed by atoms with Gasteiger partial charge in [-0.15, -0.1) is 0 Å². The molecule has 220 valence electrons. The molecular weight excluding hydrogens is 526 g/mol. The Balaban J connectivity index is 1.67. The number of hydrogen-bond acceptors (Lipinski definition) is 4. The second-order valence-corrected chi connectivity index (χ2v) is 10.5. The number of amides is 3. The van der Waals surface area contributed by atoms with Gasteiger partial charge in [0.15, 0.2) is 0 Å². The van der Waals surface area contributed by atoms with Crippen molar-refractivity contribution in [2.45, 2.75) is 65.3 Å². The molecule has 0 saturated heterocycles. The smallest absolute Gasteiger partial charge is 0.338 e. The van der Waals surface area contributed by atoms with Crippen LogP contribution in [0, 0.1) is 0 Å². The lowest BCUT2D eigenvalue weighted by Gasteiger charge is -2.37. The molecule has 0 spiro atoms. The van der Waals surface area contributed by atoms with Crippen LogP contribution in [0.25, 0.3) is 5.70 Å². The predicted molar refractivity (Wildman–Crippen MR) is 167 cm³/mol. The van der Waals surface area contributed by atoms with Gasteiger partial charge in [0.05, 0.1) is 23.9 Å². The van der Waals surface area contributed by atoms with Crippen molar-refractivity contribution in [3.63, 3.8) is 0 Å². The number of esters is 1. The molecule has 0 fully saturated rings. The van der Waals surface area contributed by atoms with Gasteiger partial charge in [-0.3, -0.25) is 9.69 Å². The van der Waals surface area contributed by atoms with E-state index in [2.05, 4.69) is 24.5 Å². The Morgan fingerprint density at radius 1 is 0.881 bits per heavy atom. The summed E-state index contributed by atoms with van der Waals surface area (Å²) in [5.74, 6) is -0.715. The minimum atomic E-state index is -0.760. The molecule has 0 aliphatic carbocycles. The van der Waals surface area contributed by atoms with Gasteiger partial charge in [-0.1, -0.05) is 87.7 Å². The summed E-state index contributed by atoms with van der Waals surface area (Å²) in [5.41, 5.74) is 4.69. The number of unbranched alkanes of at least 4 members (excludes halogenated alkanes) is 3. The monoisotopic (exact) mass is 567 g/mol. The molecule has 0 aromatic heterocycles. The first-order valence-corrected chi connectivity index (χ1v) is 15.0. The summed E-state index contributed by atoms with van der Waals surface area (Å²) in [6.45, 7) is 6.68. The highest BCUT2D eigenvalue weighted by Crippen LogP contribution is 2.37. The number of ether oxygens (including phenoxy) is 1. The van der Waals surface area contributed by atoms with E-state index >= 15 is 0 Å². The molecule has 42 heavy (non-hydrogen) atoms. The molecule has 3 aromatic carbocycles. The Kier molecular flexibility index (Phi) is 10.9. The predicted octanol–water partition coefficient (Wildman–Crippen LogP) is 7.51. The van der Waals surface area contributed by atoms with Crippen LogP contribution in [0.4, 0.5) is 10.5 Å². The van der Waals surface area contributed by atoms with Crippen LogP contribution in [0.3, 0.4) is 0 Å². The summed E-state index contributed by atoms with van der Waals surface area (Å²) < 4.78 is 5.52. The number of hydrogen-bond donors (Lipinski definition) is 2. The van der Waals surface area contributed by atoms with Crippen LogP contribution >= 0.6 is 0 Å². The van der Waals surface area contributed by atoms with Crippen molar-refractivity contribution in [2.75, 3.05) is 18.5 Å². The molecule has 1 unspecified atom stereocenters. The van der Waals surface area contributed by atoms with E-state index in [1.807, 2.05) is 66.7 Å². The first-order valence-electron chi connectivity index (χ1n) is 15.0. The molecule has 3 aromatic rings. The quantitative estimate of drug-likeness (QED) is 0.165. The van der Waals surface area contributed by atoms with Crippen molar-refractivity contribution in [2.24, 2.45) is 0 Å². The van der Waals surface area contributed by atoms with Gasteiger partial charge in [0.1, 0.15) is 0 Å². The number of nitrogens with one attached hydrogen (secondary N) is 2. The van der Waals surface area contributed by atoms with Crippen molar-refractivity contribution < 1.29 is 19.1 Å². The van der Waals surface area contributed by atoms with E-state index in [1.165, 1.54) is 18.4 Å². The van der Waals surface area contributed by atoms with Crippen LogP contribution in [-0.2, 0) is 16.0 Å². The lowest BCUT2D eigenvalue weighted by molar-refractivity contribution is -0.138. The van der Waals surface area contributed by atoms with Crippen LogP contribution in [0.2, 0.25) is 0 Å². The number of rotatable bonds is 13. The SMILES string of the molecule is CCCCCc1ccc(C(=O)Nc2cccc(C3NC(=O)N(CCCC)C(c4ccccc4)=C3C(=O)OCC)c2)cc1. The maximum Gasteiger partial charge on any atom is 0.338 e. The van der Waals surface area contributed by atoms with Crippen molar-refractivity contribution in [1.29, 1.82) is 0 Å². The van der Waals surface area contributed by atoms with E-state index in [9.17, 15) is 14.4 Å². The molecule has 0 saturated carbocycles. The lowest BCUT2D eigenvalue weighted by atomic mass is 9.91. The fraction of sp³-hybridized carbons (Fsp3) is 0.343. The minimum Gasteiger partial charge on any atom is -0.463 e. The fourth-order valence-electron chi connectivity index (χ4n) is 5.17. The number of carbonyl (C=O) groups is 3. The molecule has 3 amide bonds. The third-order valence-electron chi connectivity index (χ3n) is 7.37. The molecule has 1 aliphatic rings. The van der Waals surface area contributed by atoms with Crippen LogP contribution in [0.15, 0.2) is 84.4 Å². The normalized spacial score (nSPS) is 14.9. The Hall–Kier alpha value is -4.39. The van der Waals surface area contributed by atoms with E-state index in [4.69, 9.17) is 4.74 Å². The summed E-state index contributed by atoms with van der Waals surface area (Å²) in [5, 5.41) is 6.01. The number of urea groups is 1. The fourth-order valence-corrected chi connectivity index (χ4v) is 5.17. The first-order chi connectivity index (χ1) is 20.5. The summed E-state index contributed by atoms with van der Waals surface area (Å²) in [6, 6.07) is 23.4. The van der Waals surface area contributed by atoms with Crippen molar-refractivity contribution >= 4 is 29.3 Å². The van der Waals surface area contributed by atoms with Crippen LogP contribution in [-0.4, -0.2) is 36.0 Å². The minimum absolute atomic E-state index is 0.202. The lowest BCUT2D eigenvalue weighted by Crippen LogP contribution is -2.48. The number of aryl methyl sites for hydroxylation is 1. The summed E-state index contributed by atoms with van der Waals surface area (Å²) in [6.07, 6.45) is 6.18.